The molecule has 4 aromatic carbocycles. The molecule has 0 unspecified atom stereocenters. The van der Waals surface area contributed by atoms with Crippen LogP contribution in [0.5, 0.6) is 0 Å². The van der Waals surface area contributed by atoms with Crippen LogP contribution in [0.3, 0.4) is 0 Å². The van der Waals surface area contributed by atoms with Gasteiger partial charge in [0.05, 0.1) is 11.4 Å². The van der Waals surface area contributed by atoms with Crippen LogP contribution < -0.4 is 0 Å². The van der Waals surface area contributed by atoms with Gasteiger partial charge in [-0.05, 0) is 93.2 Å². The first-order chi connectivity index (χ1) is 23.8. The molecule has 0 aliphatic heterocycles. The normalized spacial score (nSPS) is 14.4. The number of fused-ring (bicyclic) bond motifs is 5. The lowest BCUT2D eigenvalue weighted by Gasteiger charge is -2.37. The van der Waals surface area contributed by atoms with Gasteiger partial charge < -0.3 is 0 Å². The third-order valence-corrected chi connectivity index (χ3v) is 10.5. The number of rotatable bonds is 5. The number of benzene rings is 4. The first-order valence-electron chi connectivity index (χ1n) is 17.0. The van der Waals surface area contributed by atoms with Crippen molar-refractivity contribution in [2.24, 2.45) is 0 Å². The number of aromatic nitrogens is 3. The largest absolute Gasteiger partial charge is 0.264 e. The minimum atomic E-state index is 0.133. The molecule has 2 aliphatic rings. The second kappa shape index (κ2) is 11.8. The Morgan fingerprint density at radius 2 is 1.00 bits per heavy atom. The van der Waals surface area contributed by atoms with Crippen molar-refractivity contribution in [3.63, 3.8) is 0 Å². The van der Waals surface area contributed by atoms with E-state index in [1.54, 1.807) is 18.0 Å². The Morgan fingerprint density at radius 1 is 0.417 bits per heavy atom. The number of pyridine rings is 3. The Bertz CT molecular complexity index is 2170. The monoisotopic (exact) mass is 617 g/mol. The second-order valence-electron chi connectivity index (χ2n) is 13.2. The number of hydrogen-bond donors (Lipinski definition) is 0. The average molecular weight is 618 g/mol. The lowest BCUT2D eigenvalue weighted by Crippen LogP contribution is -2.28. The van der Waals surface area contributed by atoms with Crippen LogP contribution >= 0.6 is 0 Å². The molecule has 3 heteroatoms. The quantitative estimate of drug-likeness (QED) is 0.193. The van der Waals surface area contributed by atoms with E-state index < -0.39 is 0 Å². The SMILES string of the molecule is c1cncc(-c2cc(-c3ccc(-c4ccc(-c5cccc6c5C5(CCCCC5)c5ccccc5-6)cc4)cc3)nc(-c3cccnc3)c2)c1. The molecule has 7 aromatic rings. The van der Waals surface area contributed by atoms with Gasteiger partial charge in [0.25, 0.3) is 0 Å². The second-order valence-corrected chi connectivity index (χ2v) is 13.2. The van der Waals surface area contributed by atoms with Gasteiger partial charge in [0, 0.05) is 46.9 Å². The molecule has 3 aromatic heterocycles. The fourth-order valence-corrected chi connectivity index (χ4v) is 8.19. The van der Waals surface area contributed by atoms with E-state index in [0.29, 0.717) is 0 Å². The van der Waals surface area contributed by atoms with E-state index in [4.69, 9.17) is 4.98 Å². The highest BCUT2D eigenvalue weighted by molar-refractivity contribution is 5.89. The zero-order valence-corrected chi connectivity index (χ0v) is 26.8. The number of nitrogens with zero attached hydrogens (tertiary/aromatic N) is 3. The summed E-state index contributed by atoms with van der Waals surface area (Å²) in [5, 5.41) is 0. The minimum Gasteiger partial charge on any atom is -0.264 e. The van der Waals surface area contributed by atoms with E-state index in [2.05, 4.69) is 125 Å². The van der Waals surface area contributed by atoms with Gasteiger partial charge in [-0.2, -0.15) is 0 Å². The third kappa shape index (κ3) is 4.86. The zero-order valence-electron chi connectivity index (χ0n) is 26.8. The van der Waals surface area contributed by atoms with Crippen LogP contribution in [0.15, 0.2) is 152 Å². The van der Waals surface area contributed by atoms with Gasteiger partial charge >= 0.3 is 0 Å². The maximum Gasteiger partial charge on any atom is 0.0731 e. The highest BCUT2D eigenvalue weighted by Crippen LogP contribution is 2.58. The highest BCUT2D eigenvalue weighted by atomic mass is 14.7. The van der Waals surface area contributed by atoms with E-state index >= 15 is 0 Å². The minimum absolute atomic E-state index is 0.133. The Balaban J connectivity index is 1.05. The highest BCUT2D eigenvalue weighted by Gasteiger charge is 2.45. The molecular weight excluding hydrogens is 583 g/mol. The Morgan fingerprint density at radius 3 is 1.69 bits per heavy atom. The van der Waals surface area contributed by atoms with E-state index in [1.165, 1.54) is 71.0 Å². The van der Waals surface area contributed by atoms with Gasteiger partial charge in [0.15, 0.2) is 0 Å². The average Bonchev–Trinajstić information content (AvgIpc) is 3.44. The lowest BCUT2D eigenvalue weighted by molar-refractivity contribution is 0.353. The molecule has 230 valence electrons. The van der Waals surface area contributed by atoms with E-state index in [-0.39, 0.29) is 5.41 Å². The summed E-state index contributed by atoms with van der Waals surface area (Å²) in [6.45, 7) is 0. The Kier molecular flexibility index (Phi) is 7.04. The van der Waals surface area contributed by atoms with Crippen LogP contribution in [-0.2, 0) is 5.41 Å². The Labute approximate surface area is 282 Å². The van der Waals surface area contributed by atoms with Crippen LogP contribution in [0.2, 0.25) is 0 Å². The van der Waals surface area contributed by atoms with Gasteiger partial charge in [0.1, 0.15) is 0 Å². The topological polar surface area (TPSA) is 38.7 Å². The van der Waals surface area contributed by atoms with Gasteiger partial charge in [-0.1, -0.05) is 116 Å². The summed E-state index contributed by atoms with van der Waals surface area (Å²) >= 11 is 0. The Hall–Kier alpha value is -5.67. The van der Waals surface area contributed by atoms with Gasteiger partial charge in [0.2, 0.25) is 0 Å². The summed E-state index contributed by atoms with van der Waals surface area (Å²) < 4.78 is 0. The van der Waals surface area contributed by atoms with Gasteiger partial charge in [-0.25, -0.2) is 4.98 Å². The fourth-order valence-electron chi connectivity index (χ4n) is 8.19. The molecule has 1 saturated carbocycles. The van der Waals surface area contributed by atoms with Crippen molar-refractivity contribution in [1.29, 1.82) is 0 Å². The van der Waals surface area contributed by atoms with Crippen LogP contribution in [0.1, 0.15) is 43.2 Å². The smallest absolute Gasteiger partial charge is 0.0731 e. The molecular formula is C45H35N3. The maximum absolute atomic E-state index is 5.07. The van der Waals surface area contributed by atoms with Crippen LogP contribution in [0.4, 0.5) is 0 Å². The van der Waals surface area contributed by atoms with E-state index in [9.17, 15) is 0 Å². The molecule has 0 radical (unpaired) electrons. The first kappa shape index (κ1) is 28.5. The van der Waals surface area contributed by atoms with Crippen molar-refractivity contribution in [3.05, 3.63) is 163 Å². The van der Waals surface area contributed by atoms with Gasteiger partial charge in [-0.3, -0.25) is 9.97 Å². The van der Waals surface area contributed by atoms with Crippen LogP contribution in [-0.4, -0.2) is 15.0 Å². The summed E-state index contributed by atoms with van der Waals surface area (Å²) in [5.74, 6) is 0. The fraction of sp³-hybridized carbons (Fsp3) is 0.133. The van der Waals surface area contributed by atoms with Crippen molar-refractivity contribution in [1.82, 2.24) is 15.0 Å². The summed E-state index contributed by atoms with van der Waals surface area (Å²) in [6, 6.07) is 46.4. The van der Waals surface area contributed by atoms with Crippen molar-refractivity contribution < 1.29 is 0 Å². The zero-order chi connectivity index (χ0) is 31.9. The van der Waals surface area contributed by atoms with Crippen LogP contribution in [0, 0.1) is 0 Å². The molecule has 0 saturated heterocycles. The molecule has 3 nitrogen and oxygen atoms in total. The predicted molar refractivity (Wildman–Crippen MR) is 196 cm³/mol. The molecule has 0 amide bonds. The first-order valence-corrected chi connectivity index (χ1v) is 17.0. The van der Waals surface area contributed by atoms with Crippen LogP contribution in [0.25, 0.3) is 67.0 Å². The van der Waals surface area contributed by atoms with Gasteiger partial charge in [-0.15, -0.1) is 0 Å². The molecule has 9 rings (SSSR count). The van der Waals surface area contributed by atoms with Crippen molar-refractivity contribution in [2.45, 2.75) is 37.5 Å². The number of hydrogen-bond acceptors (Lipinski definition) is 3. The molecule has 1 fully saturated rings. The molecule has 48 heavy (non-hydrogen) atoms. The predicted octanol–water partition coefficient (Wildman–Crippen LogP) is 11.4. The molecule has 2 aliphatic carbocycles. The molecule has 0 atom stereocenters. The lowest BCUT2D eigenvalue weighted by atomic mass is 9.66. The van der Waals surface area contributed by atoms with Crippen molar-refractivity contribution >= 4 is 0 Å². The molecule has 1 spiro atoms. The molecule has 3 heterocycles. The molecule has 0 N–H and O–H groups in total. The summed E-state index contributed by atoms with van der Waals surface area (Å²) in [4.78, 5) is 13.8. The molecule has 0 bridgehead atoms. The summed E-state index contributed by atoms with van der Waals surface area (Å²) in [7, 11) is 0. The van der Waals surface area contributed by atoms with Crippen molar-refractivity contribution in [3.8, 4) is 67.0 Å². The van der Waals surface area contributed by atoms with E-state index in [1.807, 2.05) is 24.5 Å². The summed E-state index contributed by atoms with van der Waals surface area (Å²) in [6.07, 6.45) is 13.8. The standard InChI is InChI=1S/C45H35N3/c1-4-23-45(24-5-1)41-14-3-2-11-39(41)40-13-6-12-38(44(40)45)33-19-15-31(16-20-33)32-17-21-34(22-18-32)42-27-37(35-9-7-25-46-29-35)28-43(48-42)36-10-8-26-47-30-36/h2-3,6-22,25-30H,1,4-5,23-24H2. The third-order valence-electron chi connectivity index (χ3n) is 10.5. The summed E-state index contributed by atoms with van der Waals surface area (Å²) in [5.41, 5.74) is 17.2. The van der Waals surface area contributed by atoms with E-state index in [0.717, 1.165) is 33.6 Å². The van der Waals surface area contributed by atoms with Crippen molar-refractivity contribution in [2.75, 3.05) is 0 Å². The maximum atomic E-state index is 5.07.